The van der Waals surface area contributed by atoms with Gasteiger partial charge in [-0.15, -0.1) is 0 Å². The third-order valence-electron chi connectivity index (χ3n) is 3.48. The van der Waals surface area contributed by atoms with E-state index in [0.717, 1.165) is 5.56 Å². The largest absolute Gasteiger partial charge is 0.497 e. The molecule has 0 atom stereocenters. The Morgan fingerprint density at radius 2 is 1.79 bits per heavy atom. The van der Waals surface area contributed by atoms with E-state index in [9.17, 15) is 9.59 Å². The first-order valence-electron chi connectivity index (χ1n) is 7.41. The van der Waals surface area contributed by atoms with Gasteiger partial charge in [0.05, 0.1) is 26.5 Å². The Balaban J connectivity index is 1.96. The van der Waals surface area contributed by atoms with Crippen molar-refractivity contribution in [1.29, 1.82) is 0 Å². The van der Waals surface area contributed by atoms with Crippen molar-refractivity contribution in [2.45, 2.75) is 6.92 Å². The molecule has 0 aliphatic carbocycles. The first-order chi connectivity index (χ1) is 11.5. The summed E-state index contributed by atoms with van der Waals surface area (Å²) in [5.41, 5.74) is 1.91. The number of hydrogen-bond donors (Lipinski definition) is 2. The topological polar surface area (TPSA) is 76.7 Å². The van der Waals surface area contributed by atoms with Gasteiger partial charge in [0.2, 0.25) is 5.91 Å². The van der Waals surface area contributed by atoms with Crippen LogP contribution in [-0.4, -0.2) is 32.6 Å². The molecule has 0 radical (unpaired) electrons. The van der Waals surface area contributed by atoms with Crippen molar-refractivity contribution in [2.24, 2.45) is 0 Å². The van der Waals surface area contributed by atoms with E-state index < -0.39 is 0 Å². The van der Waals surface area contributed by atoms with E-state index in [0.29, 0.717) is 22.7 Å². The summed E-state index contributed by atoms with van der Waals surface area (Å²) in [6, 6.07) is 12.3. The molecule has 0 bridgehead atoms. The van der Waals surface area contributed by atoms with Crippen molar-refractivity contribution in [3.05, 3.63) is 53.6 Å². The van der Waals surface area contributed by atoms with Gasteiger partial charge in [-0.05, 0) is 30.7 Å². The van der Waals surface area contributed by atoms with E-state index >= 15 is 0 Å². The first-order valence-corrected chi connectivity index (χ1v) is 7.41. The highest BCUT2D eigenvalue weighted by atomic mass is 16.5. The number of methoxy groups -OCH3 is 2. The summed E-state index contributed by atoms with van der Waals surface area (Å²) in [6.45, 7) is 1.71. The maximum Gasteiger partial charge on any atom is 0.251 e. The van der Waals surface area contributed by atoms with Crippen LogP contribution in [0.4, 0.5) is 5.69 Å². The molecule has 6 heteroatoms. The van der Waals surface area contributed by atoms with Crippen LogP contribution in [0.1, 0.15) is 15.9 Å². The molecule has 2 rings (SSSR count). The molecule has 24 heavy (non-hydrogen) atoms. The Kier molecular flexibility index (Phi) is 5.78. The van der Waals surface area contributed by atoms with E-state index in [1.807, 2.05) is 19.1 Å². The molecule has 0 fully saturated rings. The lowest BCUT2D eigenvalue weighted by Crippen LogP contribution is -2.33. The molecule has 2 N–H and O–H groups in total. The number of carbonyl (C=O) groups excluding carboxylic acids is 2. The van der Waals surface area contributed by atoms with Crippen molar-refractivity contribution < 1.29 is 19.1 Å². The van der Waals surface area contributed by atoms with Crippen molar-refractivity contribution in [3.63, 3.8) is 0 Å². The van der Waals surface area contributed by atoms with Crippen LogP contribution in [0.3, 0.4) is 0 Å². The number of hydrogen-bond acceptors (Lipinski definition) is 4. The highest BCUT2D eigenvalue weighted by Gasteiger charge is 2.12. The van der Waals surface area contributed by atoms with E-state index in [1.54, 1.807) is 37.4 Å². The van der Waals surface area contributed by atoms with Crippen molar-refractivity contribution in [1.82, 2.24) is 5.32 Å². The zero-order valence-corrected chi connectivity index (χ0v) is 13.9. The maximum atomic E-state index is 12.1. The van der Waals surface area contributed by atoms with Crippen LogP contribution in [0.15, 0.2) is 42.5 Å². The summed E-state index contributed by atoms with van der Waals surface area (Å²) in [7, 11) is 3.05. The lowest BCUT2D eigenvalue weighted by Gasteiger charge is -2.12. The van der Waals surface area contributed by atoms with Crippen LogP contribution in [0, 0.1) is 6.92 Å². The summed E-state index contributed by atoms with van der Waals surface area (Å²) in [6.07, 6.45) is 0. The molecule has 2 aromatic carbocycles. The average Bonchev–Trinajstić information content (AvgIpc) is 2.60. The van der Waals surface area contributed by atoms with Crippen LogP contribution in [0.25, 0.3) is 0 Å². The minimum atomic E-state index is -0.347. The third-order valence-corrected chi connectivity index (χ3v) is 3.48. The molecule has 0 saturated heterocycles. The number of rotatable bonds is 6. The second-order valence-electron chi connectivity index (χ2n) is 5.11. The molecule has 0 aromatic heterocycles. The summed E-state index contributed by atoms with van der Waals surface area (Å²) in [5, 5.41) is 5.30. The van der Waals surface area contributed by atoms with Gasteiger partial charge in [-0.3, -0.25) is 9.59 Å². The normalized spacial score (nSPS) is 9.96. The lowest BCUT2D eigenvalue weighted by atomic mass is 10.1. The third kappa shape index (κ3) is 4.25. The van der Waals surface area contributed by atoms with Gasteiger partial charge in [-0.25, -0.2) is 0 Å². The summed E-state index contributed by atoms with van der Waals surface area (Å²) in [4.78, 5) is 24.1. The zero-order valence-electron chi connectivity index (χ0n) is 13.9. The number of aryl methyl sites for hydroxylation is 1. The Morgan fingerprint density at radius 3 is 2.46 bits per heavy atom. The van der Waals surface area contributed by atoms with Gasteiger partial charge in [-0.1, -0.05) is 18.2 Å². The minimum Gasteiger partial charge on any atom is -0.497 e. The van der Waals surface area contributed by atoms with Gasteiger partial charge in [0, 0.05) is 11.6 Å². The number of anilines is 1. The second kappa shape index (κ2) is 8.01. The number of carbonyl (C=O) groups is 2. The van der Waals surface area contributed by atoms with Gasteiger partial charge in [-0.2, -0.15) is 0 Å². The standard InChI is InChI=1S/C18H20N2O4/c1-12-6-4-5-7-14(12)18(22)19-11-17(21)20-15-9-8-13(23-2)10-16(15)24-3/h4-10H,11H2,1-3H3,(H,19,22)(H,20,21). The Hall–Kier alpha value is -3.02. The second-order valence-corrected chi connectivity index (χ2v) is 5.11. The van der Waals surface area contributed by atoms with Gasteiger partial charge < -0.3 is 20.1 Å². The molecule has 6 nitrogen and oxygen atoms in total. The van der Waals surface area contributed by atoms with E-state index in [1.165, 1.54) is 7.11 Å². The Bertz CT molecular complexity index is 744. The predicted octanol–water partition coefficient (Wildman–Crippen LogP) is 2.38. The fraction of sp³-hybridized carbons (Fsp3) is 0.222. The minimum absolute atomic E-state index is 0.137. The molecule has 0 saturated carbocycles. The smallest absolute Gasteiger partial charge is 0.251 e. The molecule has 126 valence electrons. The molecule has 0 aliphatic rings. The van der Waals surface area contributed by atoms with Crippen LogP contribution < -0.4 is 20.1 Å². The highest BCUT2D eigenvalue weighted by Crippen LogP contribution is 2.28. The molecule has 0 heterocycles. The van der Waals surface area contributed by atoms with Crippen LogP contribution in [0.5, 0.6) is 11.5 Å². The first kappa shape index (κ1) is 17.3. The molecule has 0 spiro atoms. The number of benzene rings is 2. The predicted molar refractivity (Wildman–Crippen MR) is 91.7 cm³/mol. The molecule has 2 aromatic rings. The summed E-state index contributed by atoms with van der Waals surface area (Å²) >= 11 is 0. The monoisotopic (exact) mass is 328 g/mol. The van der Waals surface area contributed by atoms with Crippen molar-refractivity contribution >= 4 is 17.5 Å². The van der Waals surface area contributed by atoms with E-state index in [4.69, 9.17) is 9.47 Å². The fourth-order valence-electron chi connectivity index (χ4n) is 2.18. The molecular weight excluding hydrogens is 308 g/mol. The SMILES string of the molecule is COc1ccc(NC(=O)CNC(=O)c2ccccc2C)c(OC)c1. The van der Waals surface area contributed by atoms with Crippen molar-refractivity contribution in [3.8, 4) is 11.5 Å². The lowest BCUT2D eigenvalue weighted by molar-refractivity contribution is -0.115. The van der Waals surface area contributed by atoms with Crippen LogP contribution in [-0.2, 0) is 4.79 Å². The number of amides is 2. The van der Waals surface area contributed by atoms with E-state index in [-0.39, 0.29) is 18.4 Å². The number of nitrogens with one attached hydrogen (secondary N) is 2. The highest BCUT2D eigenvalue weighted by molar-refractivity contribution is 6.00. The van der Waals surface area contributed by atoms with Gasteiger partial charge >= 0.3 is 0 Å². The summed E-state index contributed by atoms with van der Waals surface area (Å²) in [5.74, 6) is 0.469. The maximum absolute atomic E-state index is 12.1. The van der Waals surface area contributed by atoms with Crippen LogP contribution >= 0.6 is 0 Å². The fourth-order valence-corrected chi connectivity index (χ4v) is 2.18. The van der Waals surface area contributed by atoms with Gasteiger partial charge in [0.25, 0.3) is 5.91 Å². The number of ether oxygens (including phenoxy) is 2. The Morgan fingerprint density at radius 1 is 1.04 bits per heavy atom. The van der Waals surface area contributed by atoms with Crippen molar-refractivity contribution in [2.75, 3.05) is 26.1 Å². The van der Waals surface area contributed by atoms with Crippen LogP contribution in [0.2, 0.25) is 0 Å². The van der Waals surface area contributed by atoms with Gasteiger partial charge in [0.1, 0.15) is 11.5 Å². The van der Waals surface area contributed by atoms with E-state index in [2.05, 4.69) is 10.6 Å². The molecular formula is C18H20N2O4. The quantitative estimate of drug-likeness (QED) is 0.853. The molecule has 0 aliphatic heterocycles. The molecule has 0 unspecified atom stereocenters. The zero-order chi connectivity index (χ0) is 17.5. The molecule has 2 amide bonds. The average molecular weight is 328 g/mol. The Labute approximate surface area is 140 Å². The van der Waals surface area contributed by atoms with Gasteiger partial charge in [0.15, 0.2) is 0 Å². The summed E-state index contributed by atoms with van der Waals surface area (Å²) < 4.78 is 10.3.